The van der Waals surface area contributed by atoms with Gasteiger partial charge >= 0.3 is 0 Å². The average molecular weight is 221 g/mol. The van der Waals surface area contributed by atoms with Gasteiger partial charge in [0.2, 0.25) is 0 Å². The molecule has 2 rings (SSSR count). The minimum atomic E-state index is 0.300. The molecule has 1 aromatic rings. The second-order valence-electron chi connectivity index (χ2n) is 5.22. The summed E-state index contributed by atoms with van der Waals surface area (Å²) in [6, 6.07) is 0.761. The van der Waals surface area contributed by atoms with Gasteiger partial charge in [0.25, 0.3) is 0 Å². The Morgan fingerprint density at radius 3 is 2.81 bits per heavy atom. The summed E-state index contributed by atoms with van der Waals surface area (Å²) < 4.78 is 2.32. The molecule has 1 aromatic heterocycles. The fourth-order valence-electron chi connectivity index (χ4n) is 2.71. The lowest BCUT2D eigenvalue weighted by Crippen LogP contribution is -2.32. The van der Waals surface area contributed by atoms with Gasteiger partial charge in [-0.3, -0.25) is 0 Å². The number of aromatic nitrogens is 2. The number of imidazole rings is 1. The van der Waals surface area contributed by atoms with Crippen molar-refractivity contribution >= 4 is 0 Å². The van der Waals surface area contributed by atoms with E-state index in [1.54, 1.807) is 0 Å². The van der Waals surface area contributed by atoms with Crippen LogP contribution in [-0.2, 0) is 0 Å². The normalized spacial score (nSPS) is 27.0. The molecule has 0 amide bonds. The van der Waals surface area contributed by atoms with E-state index in [0.29, 0.717) is 18.0 Å². The van der Waals surface area contributed by atoms with Gasteiger partial charge in [0.15, 0.2) is 0 Å². The lowest BCUT2D eigenvalue weighted by molar-refractivity contribution is 0.374. The van der Waals surface area contributed by atoms with E-state index in [9.17, 15) is 0 Å². The molecule has 1 heterocycles. The monoisotopic (exact) mass is 221 g/mol. The summed E-state index contributed by atoms with van der Waals surface area (Å²) >= 11 is 0. The molecular weight excluding hydrogens is 198 g/mol. The zero-order chi connectivity index (χ0) is 11.5. The van der Waals surface area contributed by atoms with E-state index in [2.05, 4.69) is 29.6 Å². The zero-order valence-electron chi connectivity index (χ0n) is 10.4. The van der Waals surface area contributed by atoms with Crippen LogP contribution in [0.2, 0.25) is 0 Å². The summed E-state index contributed by atoms with van der Waals surface area (Å²) in [5.41, 5.74) is 6.29. The summed E-state index contributed by atoms with van der Waals surface area (Å²) in [6.45, 7) is 4.39. The highest BCUT2D eigenvalue weighted by molar-refractivity contribution is 5.02. The lowest BCUT2D eigenvalue weighted by atomic mass is 10.0. The Kier molecular flexibility index (Phi) is 3.64. The van der Waals surface area contributed by atoms with Crippen LogP contribution < -0.4 is 5.73 Å². The Balaban J connectivity index is 2.23. The van der Waals surface area contributed by atoms with E-state index in [-0.39, 0.29) is 0 Å². The highest BCUT2D eigenvalue weighted by Crippen LogP contribution is 2.29. The van der Waals surface area contributed by atoms with Crippen LogP contribution in [0.1, 0.15) is 63.7 Å². The molecule has 0 saturated heterocycles. The first-order chi connectivity index (χ1) is 7.70. The molecule has 3 nitrogen and oxygen atoms in total. The van der Waals surface area contributed by atoms with Crippen LogP contribution in [0.5, 0.6) is 0 Å². The van der Waals surface area contributed by atoms with Crippen molar-refractivity contribution in [2.24, 2.45) is 5.73 Å². The maximum absolute atomic E-state index is 6.29. The fraction of sp³-hybridized carbons (Fsp3) is 0.769. The zero-order valence-corrected chi connectivity index (χ0v) is 10.4. The highest BCUT2D eigenvalue weighted by Gasteiger charge is 2.24. The second-order valence-corrected chi connectivity index (χ2v) is 5.22. The number of hydrogen-bond donors (Lipinski definition) is 1. The topological polar surface area (TPSA) is 43.8 Å². The minimum absolute atomic E-state index is 0.300. The molecule has 2 atom stereocenters. The molecule has 1 saturated carbocycles. The minimum Gasteiger partial charge on any atom is -0.330 e. The average Bonchev–Trinajstić information content (AvgIpc) is 2.63. The van der Waals surface area contributed by atoms with Crippen LogP contribution in [0.3, 0.4) is 0 Å². The first kappa shape index (κ1) is 11.6. The predicted octanol–water partition coefficient (Wildman–Crippen LogP) is 2.84. The van der Waals surface area contributed by atoms with E-state index in [0.717, 1.165) is 6.42 Å². The quantitative estimate of drug-likeness (QED) is 0.780. The SMILES string of the molecule is CC(C)c1nccn1C1CCCCCC1N. The van der Waals surface area contributed by atoms with Gasteiger partial charge in [-0.2, -0.15) is 0 Å². The molecule has 2 N–H and O–H groups in total. The molecule has 90 valence electrons. The van der Waals surface area contributed by atoms with E-state index in [1.165, 1.54) is 31.5 Å². The Morgan fingerprint density at radius 1 is 1.31 bits per heavy atom. The Hall–Kier alpha value is -0.830. The van der Waals surface area contributed by atoms with Crippen molar-refractivity contribution in [2.75, 3.05) is 0 Å². The standard InChI is InChI=1S/C13H23N3/c1-10(2)13-15-8-9-16(13)12-7-5-3-4-6-11(12)14/h8-12H,3-7,14H2,1-2H3. The van der Waals surface area contributed by atoms with Crippen LogP contribution in [0.15, 0.2) is 12.4 Å². The maximum Gasteiger partial charge on any atom is 0.111 e. The number of nitrogens with two attached hydrogens (primary N) is 1. The van der Waals surface area contributed by atoms with Gasteiger partial charge < -0.3 is 10.3 Å². The molecule has 0 aliphatic heterocycles. The van der Waals surface area contributed by atoms with Gasteiger partial charge in [0, 0.05) is 30.4 Å². The Morgan fingerprint density at radius 2 is 2.06 bits per heavy atom. The summed E-state index contributed by atoms with van der Waals surface area (Å²) in [4.78, 5) is 4.46. The van der Waals surface area contributed by atoms with Crippen LogP contribution in [0.4, 0.5) is 0 Å². The molecule has 0 radical (unpaired) electrons. The van der Waals surface area contributed by atoms with Gasteiger partial charge in [-0.25, -0.2) is 4.98 Å². The second kappa shape index (κ2) is 5.00. The van der Waals surface area contributed by atoms with Crippen molar-refractivity contribution in [3.8, 4) is 0 Å². The molecule has 2 unspecified atom stereocenters. The van der Waals surface area contributed by atoms with Gasteiger partial charge in [-0.1, -0.05) is 33.1 Å². The third kappa shape index (κ3) is 2.29. The van der Waals surface area contributed by atoms with Crippen molar-refractivity contribution in [1.82, 2.24) is 9.55 Å². The Labute approximate surface area is 98.1 Å². The number of nitrogens with zero attached hydrogens (tertiary/aromatic N) is 2. The third-order valence-corrected chi connectivity index (χ3v) is 3.60. The molecule has 0 spiro atoms. The van der Waals surface area contributed by atoms with Gasteiger partial charge in [0.05, 0.1) is 0 Å². The molecule has 0 bridgehead atoms. The lowest BCUT2D eigenvalue weighted by Gasteiger charge is -2.25. The molecule has 1 fully saturated rings. The van der Waals surface area contributed by atoms with E-state index in [4.69, 9.17) is 5.73 Å². The molecule has 3 heteroatoms. The smallest absolute Gasteiger partial charge is 0.111 e. The predicted molar refractivity (Wildman–Crippen MR) is 66.4 cm³/mol. The Bertz CT molecular complexity index is 330. The summed E-state index contributed by atoms with van der Waals surface area (Å²) in [7, 11) is 0. The first-order valence-corrected chi connectivity index (χ1v) is 6.48. The fourth-order valence-corrected chi connectivity index (χ4v) is 2.71. The van der Waals surface area contributed by atoms with Crippen LogP contribution in [0.25, 0.3) is 0 Å². The van der Waals surface area contributed by atoms with Gasteiger partial charge in [-0.15, -0.1) is 0 Å². The van der Waals surface area contributed by atoms with E-state index < -0.39 is 0 Å². The van der Waals surface area contributed by atoms with E-state index >= 15 is 0 Å². The number of hydrogen-bond acceptors (Lipinski definition) is 2. The van der Waals surface area contributed by atoms with Crippen molar-refractivity contribution < 1.29 is 0 Å². The van der Waals surface area contributed by atoms with Gasteiger partial charge in [0.1, 0.15) is 5.82 Å². The van der Waals surface area contributed by atoms with Crippen molar-refractivity contribution in [2.45, 2.75) is 64.0 Å². The maximum atomic E-state index is 6.29. The molecule has 1 aliphatic rings. The van der Waals surface area contributed by atoms with Crippen molar-refractivity contribution in [3.05, 3.63) is 18.2 Å². The molecule has 16 heavy (non-hydrogen) atoms. The molecular formula is C13H23N3. The first-order valence-electron chi connectivity index (χ1n) is 6.48. The number of rotatable bonds is 2. The highest BCUT2D eigenvalue weighted by atomic mass is 15.1. The summed E-state index contributed by atoms with van der Waals surface area (Å²) in [5, 5.41) is 0. The van der Waals surface area contributed by atoms with Crippen molar-refractivity contribution in [1.29, 1.82) is 0 Å². The largest absolute Gasteiger partial charge is 0.330 e. The summed E-state index contributed by atoms with van der Waals surface area (Å²) in [6.07, 6.45) is 10.3. The van der Waals surface area contributed by atoms with Crippen LogP contribution >= 0.6 is 0 Å². The molecule has 0 aromatic carbocycles. The van der Waals surface area contributed by atoms with Crippen LogP contribution in [-0.4, -0.2) is 15.6 Å². The third-order valence-electron chi connectivity index (χ3n) is 3.60. The van der Waals surface area contributed by atoms with Crippen LogP contribution in [0, 0.1) is 0 Å². The summed E-state index contributed by atoms with van der Waals surface area (Å²) in [5.74, 6) is 1.66. The van der Waals surface area contributed by atoms with E-state index in [1.807, 2.05) is 6.20 Å². The van der Waals surface area contributed by atoms with Crippen molar-refractivity contribution in [3.63, 3.8) is 0 Å². The van der Waals surface area contributed by atoms with Gasteiger partial charge in [-0.05, 0) is 12.8 Å². The molecule has 1 aliphatic carbocycles.